The lowest BCUT2D eigenvalue weighted by Crippen LogP contribution is -2.28. The van der Waals surface area contributed by atoms with Gasteiger partial charge in [-0.1, -0.05) is 24.3 Å². The van der Waals surface area contributed by atoms with E-state index in [9.17, 15) is 4.79 Å². The number of hydrogen-bond acceptors (Lipinski definition) is 5. The fourth-order valence-corrected chi connectivity index (χ4v) is 7.11. The number of fused-ring (bicyclic) bond motifs is 1. The molecule has 4 aromatic rings. The van der Waals surface area contributed by atoms with Gasteiger partial charge in [0, 0.05) is 69.6 Å². The van der Waals surface area contributed by atoms with Crippen LogP contribution < -0.4 is 16.4 Å². The summed E-state index contributed by atoms with van der Waals surface area (Å²) >= 11 is 3.61. The fourth-order valence-electron chi connectivity index (χ4n) is 5.37. The topological polar surface area (TPSA) is 70.2 Å². The van der Waals surface area contributed by atoms with Crippen LogP contribution in [0, 0.1) is 0 Å². The van der Waals surface area contributed by atoms with Gasteiger partial charge in [0.05, 0.1) is 5.41 Å². The van der Waals surface area contributed by atoms with E-state index in [1.54, 1.807) is 11.3 Å². The van der Waals surface area contributed by atoms with Gasteiger partial charge in [-0.3, -0.25) is 4.79 Å². The summed E-state index contributed by atoms with van der Waals surface area (Å²) in [6.45, 7) is 6.59. The number of carbonyl (C=O) groups is 1. The van der Waals surface area contributed by atoms with E-state index in [0.29, 0.717) is 19.5 Å². The molecule has 1 aliphatic heterocycles. The Balaban J connectivity index is 1.37. The number of carbonyl (C=O) groups excluding carboxylic acids is 1. The zero-order valence-corrected chi connectivity index (χ0v) is 25.5. The molecule has 0 bridgehead atoms. The minimum atomic E-state index is -0.157. The Morgan fingerprint density at radius 3 is 2.56 bits per heavy atom. The largest absolute Gasteiger partial charge is 0.356 e. The maximum atomic E-state index is 12.0. The van der Waals surface area contributed by atoms with E-state index in [0.717, 1.165) is 37.2 Å². The molecule has 212 valence electrons. The Morgan fingerprint density at radius 1 is 0.927 bits per heavy atom. The van der Waals surface area contributed by atoms with E-state index in [4.69, 9.17) is 5.73 Å². The van der Waals surface area contributed by atoms with Crippen LogP contribution in [-0.4, -0.2) is 35.8 Å². The van der Waals surface area contributed by atoms with Gasteiger partial charge in [0.25, 0.3) is 0 Å². The normalized spacial score (nSPS) is 14.0. The maximum Gasteiger partial charge on any atom is 0.220 e. The van der Waals surface area contributed by atoms with Crippen molar-refractivity contribution < 1.29 is 9.37 Å². The number of nitrogens with one attached hydrogen (secondary N) is 2. The Kier molecular flexibility index (Phi) is 9.49. The number of amides is 1. The molecule has 0 saturated heterocycles. The summed E-state index contributed by atoms with van der Waals surface area (Å²) in [7, 11) is 0. The first-order valence-electron chi connectivity index (χ1n) is 14.4. The molecule has 4 N–H and O–H groups in total. The molecule has 2 aromatic heterocycles. The summed E-state index contributed by atoms with van der Waals surface area (Å²) < 4.78 is 2.49. The van der Waals surface area contributed by atoms with Gasteiger partial charge in [-0.25, -0.2) is 0 Å². The van der Waals surface area contributed by atoms with Crippen molar-refractivity contribution in [1.29, 1.82) is 0 Å². The molecule has 1 amide bonds. The molecule has 0 unspecified atom stereocenters. The van der Waals surface area contributed by atoms with Crippen LogP contribution in [0.15, 0.2) is 84.3 Å². The van der Waals surface area contributed by atoms with Crippen molar-refractivity contribution in [3.63, 3.8) is 0 Å². The molecular formula is C34H39N4OS2+. The Morgan fingerprint density at radius 2 is 1.78 bits per heavy atom. The zero-order valence-electron chi connectivity index (χ0n) is 23.9. The minimum absolute atomic E-state index is 0.0922. The highest BCUT2D eigenvalue weighted by atomic mass is 32.1. The average molecular weight is 584 g/mol. The molecule has 5 nitrogen and oxygen atoms in total. The second-order valence-corrected chi connectivity index (χ2v) is 12.9. The van der Waals surface area contributed by atoms with Crippen molar-refractivity contribution in [1.82, 2.24) is 5.32 Å². The number of para-hydroxylation sites is 1. The molecule has 41 heavy (non-hydrogen) atoms. The number of nitrogens with two attached hydrogens (primary N) is 1. The highest BCUT2D eigenvalue weighted by Crippen LogP contribution is 2.42. The molecule has 0 atom stereocenters. The van der Waals surface area contributed by atoms with E-state index in [2.05, 4.69) is 101 Å². The average Bonchev–Trinajstić information content (AvgIpc) is 3.71. The van der Waals surface area contributed by atoms with Gasteiger partial charge in [0.2, 0.25) is 11.6 Å². The molecule has 0 fully saturated rings. The number of anilines is 2. The third-order valence-electron chi connectivity index (χ3n) is 7.50. The van der Waals surface area contributed by atoms with Crippen LogP contribution in [0.2, 0.25) is 0 Å². The Labute approximate surface area is 251 Å². The summed E-state index contributed by atoms with van der Waals surface area (Å²) in [4.78, 5) is 15.9. The number of nitrogens with zero attached hydrogens (tertiary/aromatic N) is 1. The number of rotatable bonds is 13. The predicted molar refractivity (Wildman–Crippen MR) is 176 cm³/mol. The van der Waals surface area contributed by atoms with E-state index in [1.807, 2.05) is 29.5 Å². The summed E-state index contributed by atoms with van der Waals surface area (Å²) in [5.41, 5.74) is 11.4. The Bertz CT molecular complexity index is 1520. The number of allylic oxidation sites excluding steroid dienone is 1. The molecule has 0 radical (unpaired) electrons. The fraction of sp³-hybridized carbons (Fsp3) is 0.294. The van der Waals surface area contributed by atoms with Crippen LogP contribution in [0.1, 0.15) is 50.0 Å². The molecule has 0 spiro atoms. The standard InChI is InChI=1S/C34H38N4OS2/c1-34(2)28-24-26(37-25-10-5-3-6-11-25)14-17-29(28)38(22-8-4-7-13-33(39)36-21-20-35)32(34)19-16-27-15-18-31(41-27)30-12-9-23-40-30/h3,5-6,9-12,14-19,23-24,37H,4,7-8,13,20-22,35H2,1-2H3/p+1/b19-16+. The highest BCUT2D eigenvalue weighted by Gasteiger charge is 2.44. The van der Waals surface area contributed by atoms with Gasteiger partial charge in [-0.15, -0.1) is 22.7 Å². The molecule has 5 rings (SSSR count). The van der Waals surface area contributed by atoms with Crippen LogP contribution in [0.5, 0.6) is 0 Å². The molecular weight excluding hydrogens is 545 g/mol. The smallest absolute Gasteiger partial charge is 0.220 e. The Hall–Kier alpha value is -3.52. The maximum absolute atomic E-state index is 12.0. The third kappa shape index (κ3) is 7.04. The van der Waals surface area contributed by atoms with E-state index in [-0.39, 0.29) is 11.3 Å². The molecule has 7 heteroatoms. The summed E-state index contributed by atoms with van der Waals surface area (Å²) in [5.74, 6) is 0.0922. The molecule has 2 aromatic carbocycles. The van der Waals surface area contributed by atoms with Gasteiger partial charge in [-0.05, 0) is 80.6 Å². The highest BCUT2D eigenvalue weighted by molar-refractivity contribution is 7.21. The third-order valence-corrected chi connectivity index (χ3v) is 9.62. The lowest BCUT2D eigenvalue weighted by atomic mass is 9.81. The number of unbranched alkanes of at least 4 members (excludes halogenated alkanes) is 2. The van der Waals surface area contributed by atoms with E-state index in [1.165, 1.54) is 31.6 Å². The monoisotopic (exact) mass is 583 g/mol. The van der Waals surface area contributed by atoms with Crippen molar-refractivity contribution >= 4 is 57.4 Å². The van der Waals surface area contributed by atoms with Crippen LogP contribution in [0.25, 0.3) is 15.8 Å². The minimum Gasteiger partial charge on any atom is -0.356 e. The van der Waals surface area contributed by atoms with Crippen molar-refractivity contribution in [2.24, 2.45) is 5.73 Å². The van der Waals surface area contributed by atoms with Crippen molar-refractivity contribution in [2.45, 2.75) is 44.9 Å². The SMILES string of the molecule is CC1(C)C(/C=C/c2ccc(-c3cccs3)s2)=[N+](CCCCCC(=O)NCCN)c2ccc(Nc3ccccc3)cc21. The molecule has 0 saturated carbocycles. The van der Waals surface area contributed by atoms with E-state index < -0.39 is 0 Å². The second-order valence-electron chi connectivity index (χ2n) is 10.8. The van der Waals surface area contributed by atoms with Gasteiger partial charge < -0.3 is 16.4 Å². The number of hydrogen-bond donors (Lipinski definition) is 3. The van der Waals surface area contributed by atoms with Crippen LogP contribution in [0.4, 0.5) is 17.1 Å². The van der Waals surface area contributed by atoms with Crippen LogP contribution in [-0.2, 0) is 10.2 Å². The quantitative estimate of drug-likeness (QED) is 0.111. The van der Waals surface area contributed by atoms with Crippen LogP contribution >= 0.6 is 22.7 Å². The first-order valence-corrected chi connectivity index (χ1v) is 16.1. The second kappa shape index (κ2) is 13.4. The van der Waals surface area contributed by atoms with Crippen LogP contribution in [0.3, 0.4) is 0 Å². The number of benzene rings is 2. The first-order chi connectivity index (χ1) is 20.0. The van der Waals surface area contributed by atoms with Crippen molar-refractivity contribution in [3.8, 4) is 9.75 Å². The van der Waals surface area contributed by atoms with Crippen molar-refractivity contribution in [2.75, 3.05) is 25.0 Å². The first kappa shape index (κ1) is 29.0. The van der Waals surface area contributed by atoms with Gasteiger partial charge in [0.1, 0.15) is 6.54 Å². The summed E-state index contributed by atoms with van der Waals surface area (Å²) in [6, 6.07) is 25.8. The van der Waals surface area contributed by atoms with Crippen molar-refractivity contribution in [3.05, 3.63) is 94.7 Å². The molecule has 1 aliphatic rings. The van der Waals surface area contributed by atoms with Gasteiger partial charge in [-0.2, -0.15) is 4.58 Å². The molecule has 0 aliphatic carbocycles. The lowest BCUT2D eigenvalue weighted by molar-refractivity contribution is -0.438. The summed E-state index contributed by atoms with van der Waals surface area (Å²) in [5, 5.41) is 8.57. The van der Waals surface area contributed by atoms with Gasteiger partial charge >= 0.3 is 0 Å². The van der Waals surface area contributed by atoms with Gasteiger partial charge in [0.15, 0.2) is 5.71 Å². The zero-order chi connectivity index (χ0) is 28.7. The molecule has 3 heterocycles. The predicted octanol–water partition coefficient (Wildman–Crippen LogP) is 7.95. The van der Waals surface area contributed by atoms with E-state index >= 15 is 0 Å². The number of thiophene rings is 2. The lowest BCUT2D eigenvalue weighted by Gasteiger charge is -2.16. The summed E-state index contributed by atoms with van der Waals surface area (Å²) in [6.07, 6.45) is 8.03.